The van der Waals surface area contributed by atoms with E-state index in [-0.39, 0.29) is 0 Å². The van der Waals surface area contributed by atoms with E-state index in [0.717, 1.165) is 11.6 Å². The molecule has 68 valence electrons. The second-order valence-electron chi connectivity index (χ2n) is 2.90. The molecule has 1 heterocycles. The molecule has 0 aromatic heterocycles. The minimum atomic E-state index is -0.553. The van der Waals surface area contributed by atoms with Gasteiger partial charge in [-0.2, -0.15) is 0 Å². The van der Waals surface area contributed by atoms with Crippen LogP contribution < -0.4 is 0 Å². The van der Waals surface area contributed by atoms with Gasteiger partial charge in [-0.05, 0) is 23.3 Å². The normalized spacial score (nSPS) is 16.0. The third kappa shape index (κ3) is 1.75. The fraction of sp³-hybridized carbons (Fsp3) is 0.200. The highest BCUT2D eigenvalue weighted by atomic mass is 19.1. The Morgan fingerprint density at radius 2 is 1.77 bits per heavy atom. The summed E-state index contributed by atoms with van der Waals surface area (Å²) in [5.74, 6) is -1.11. The van der Waals surface area contributed by atoms with E-state index in [2.05, 4.69) is 0 Å². The largest absolute Gasteiger partial charge is 0.373 e. The second-order valence-corrected chi connectivity index (χ2v) is 2.90. The predicted octanol–water partition coefficient (Wildman–Crippen LogP) is 2.38. The van der Waals surface area contributed by atoms with Gasteiger partial charge in [-0.15, -0.1) is 0 Å². The molecule has 3 heteroatoms. The van der Waals surface area contributed by atoms with E-state index in [1.165, 1.54) is 12.1 Å². The van der Waals surface area contributed by atoms with Crippen molar-refractivity contribution in [1.29, 1.82) is 0 Å². The number of benzene rings is 1. The SMILES string of the molecule is Fc1cc(F)cc(C2=CCOC2)c1. The molecule has 0 spiro atoms. The summed E-state index contributed by atoms with van der Waals surface area (Å²) >= 11 is 0. The zero-order valence-corrected chi connectivity index (χ0v) is 6.89. The van der Waals surface area contributed by atoms with Crippen molar-refractivity contribution >= 4 is 5.57 Å². The molecule has 1 nitrogen and oxygen atoms in total. The lowest BCUT2D eigenvalue weighted by atomic mass is 10.1. The van der Waals surface area contributed by atoms with Crippen LogP contribution in [0.3, 0.4) is 0 Å². The number of ether oxygens (including phenoxy) is 1. The number of rotatable bonds is 1. The topological polar surface area (TPSA) is 9.23 Å². The lowest BCUT2D eigenvalue weighted by Gasteiger charge is -2.01. The number of hydrogen-bond acceptors (Lipinski definition) is 1. The zero-order chi connectivity index (χ0) is 9.26. The van der Waals surface area contributed by atoms with Gasteiger partial charge < -0.3 is 4.74 Å². The van der Waals surface area contributed by atoms with Crippen LogP contribution >= 0.6 is 0 Å². The summed E-state index contributed by atoms with van der Waals surface area (Å²) in [7, 11) is 0. The van der Waals surface area contributed by atoms with Gasteiger partial charge in [0.15, 0.2) is 0 Å². The molecule has 13 heavy (non-hydrogen) atoms. The van der Waals surface area contributed by atoms with Crippen molar-refractivity contribution in [2.45, 2.75) is 0 Å². The molecule has 0 unspecified atom stereocenters. The Hall–Kier alpha value is -1.22. The first-order chi connectivity index (χ1) is 6.25. The highest BCUT2D eigenvalue weighted by Gasteiger charge is 2.09. The fourth-order valence-corrected chi connectivity index (χ4v) is 1.33. The molecule has 1 aliphatic rings. The number of halogens is 2. The van der Waals surface area contributed by atoms with Crippen LogP contribution in [0.4, 0.5) is 8.78 Å². The molecule has 0 saturated carbocycles. The molecule has 0 aliphatic carbocycles. The molecule has 0 atom stereocenters. The smallest absolute Gasteiger partial charge is 0.126 e. The van der Waals surface area contributed by atoms with E-state index in [9.17, 15) is 8.78 Å². The van der Waals surface area contributed by atoms with E-state index < -0.39 is 11.6 Å². The molecular weight excluding hydrogens is 174 g/mol. The molecule has 1 aromatic carbocycles. The predicted molar refractivity (Wildman–Crippen MR) is 45.2 cm³/mol. The Bertz CT molecular complexity index is 338. The average molecular weight is 182 g/mol. The van der Waals surface area contributed by atoms with Crippen molar-refractivity contribution in [3.8, 4) is 0 Å². The maximum absolute atomic E-state index is 12.8. The molecule has 0 radical (unpaired) electrons. The van der Waals surface area contributed by atoms with Crippen molar-refractivity contribution in [1.82, 2.24) is 0 Å². The summed E-state index contributed by atoms with van der Waals surface area (Å²) in [5, 5.41) is 0. The maximum Gasteiger partial charge on any atom is 0.126 e. The molecule has 1 aromatic rings. The lowest BCUT2D eigenvalue weighted by Crippen LogP contribution is -1.90. The van der Waals surface area contributed by atoms with Gasteiger partial charge in [-0.25, -0.2) is 8.78 Å². The molecule has 1 aliphatic heterocycles. The monoisotopic (exact) mass is 182 g/mol. The zero-order valence-electron chi connectivity index (χ0n) is 6.89. The third-order valence-electron chi connectivity index (χ3n) is 1.94. The van der Waals surface area contributed by atoms with Crippen LogP contribution in [0.25, 0.3) is 5.57 Å². The van der Waals surface area contributed by atoms with Crippen molar-refractivity contribution in [3.05, 3.63) is 41.5 Å². The van der Waals surface area contributed by atoms with Crippen LogP contribution in [0, 0.1) is 11.6 Å². The van der Waals surface area contributed by atoms with Crippen molar-refractivity contribution in [2.75, 3.05) is 13.2 Å². The molecule has 0 bridgehead atoms. The van der Waals surface area contributed by atoms with Gasteiger partial charge in [0, 0.05) is 6.07 Å². The van der Waals surface area contributed by atoms with E-state index in [0.29, 0.717) is 18.8 Å². The van der Waals surface area contributed by atoms with Crippen LogP contribution in [0.15, 0.2) is 24.3 Å². The standard InChI is InChI=1S/C10H8F2O/c11-9-3-8(4-10(12)5-9)7-1-2-13-6-7/h1,3-5H,2,6H2. The van der Waals surface area contributed by atoms with Gasteiger partial charge in [0.1, 0.15) is 11.6 Å². The summed E-state index contributed by atoms with van der Waals surface area (Å²) in [6.07, 6.45) is 1.83. The van der Waals surface area contributed by atoms with E-state index in [1.807, 2.05) is 6.08 Å². The summed E-state index contributed by atoms with van der Waals surface area (Å²) in [6.45, 7) is 0.955. The van der Waals surface area contributed by atoms with E-state index in [1.54, 1.807) is 0 Å². The first kappa shape index (κ1) is 8.38. The molecule has 0 N–H and O–H groups in total. The van der Waals surface area contributed by atoms with Crippen LogP contribution in [0.2, 0.25) is 0 Å². The first-order valence-electron chi connectivity index (χ1n) is 3.99. The van der Waals surface area contributed by atoms with Crippen LogP contribution in [0.1, 0.15) is 5.56 Å². The lowest BCUT2D eigenvalue weighted by molar-refractivity contribution is 0.216. The first-order valence-corrected chi connectivity index (χ1v) is 3.99. The van der Waals surface area contributed by atoms with Gasteiger partial charge in [0.05, 0.1) is 13.2 Å². The summed E-state index contributed by atoms with van der Waals surface area (Å²) in [5.41, 5.74) is 1.41. The average Bonchev–Trinajstić information content (AvgIpc) is 2.53. The molecule has 2 rings (SSSR count). The number of hydrogen-bond donors (Lipinski definition) is 0. The third-order valence-corrected chi connectivity index (χ3v) is 1.94. The quantitative estimate of drug-likeness (QED) is 0.647. The van der Waals surface area contributed by atoms with Gasteiger partial charge in [0.2, 0.25) is 0 Å². The maximum atomic E-state index is 12.8. The van der Waals surface area contributed by atoms with Crippen molar-refractivity contribution in [2.24, 2.45) is 0 Å². The Morgan fingerprint density at radius 3 is 2.31 bits per heavy atom. The summed E-state index contributed by atoms with van der Waals surface area (Å²) < 4.78 is 30.6. The summed E-state index contributed by atoms with van der Waals surface area (Å²) in [6, 6.07) is 3.48. The van der Waals surface area contributed by atoms with Crippen LogP contribution in [0.5, 0.6) is 0 Å². The molecule has 0 fully saturated rings. The highest BCUT2D eigenvalue weighted by Crippen LogP contribution is 2.20. The molecular formula is C10H8F2O. The highest BCUT2D eigenvalue weighted by molar-refractivity contribution is 5.67. The van der Waals surface area contributed by atoms with Crippen molar-refractivity contribution in [3.63, 3.8) is 0 Å². The van der Waals surface area contributed by atoms with Gasteiger partial charge in [0.25, 0.3) is 0 Å². The summed E-state index contributed by atoms with van der Waals surface area (Å²) in [4.78, 5) is 0. The Labute approximate surface area is 74.6 Å². The van der Waals surface area contributed by atoms with E-state index >= 15 is 0 Å². The Balaban J connectivity index is 2.39. The van der Waals surface area contributed by atoms with E-state index in [4.69, 9.17) is 4.74 Å². The minimum Gasteiger partial charge on any atom is -0.373 e. The van der Waals surface area contributed by atoms with Crippen LogP contribution in [-0.2, 0) is 4.74 Å². The van der Waals surface area contributed by atoms with Crippen LogP contribution in [-0.4, -0.2) is 13.2 Å². The minimum absolute atomic E-state index is 0.433. The van der Waals surface area contributed by atoms with Crippen molar-refractivity contribution < 1.29 is 13.5 Å². The molecule has 0 saturated heterocycles. The van der Waals surface area contributed by atoms with Gasteiger partial charge in [-0.1, -0.05) is 6.08 Å². The van der Waals surface area contributed by atoms with Gasteiger partial charge >= 0.3 is 0 Å². The Morgan fingerprint density at radius 1 is 1.08 bits per heavy atom. The Kier molecular flexibility index (Phi) is 2.10. The van der Waals surface area contributed by atoms with Gasteiger partial charge in [-0.3, -0.25) is 0 Å². The fourth-order valence-electron chi connectivity index (χ4n) is 1.33. The second kappa shape index (κ2) is 3.26. The molecule has 0 amide bonds.